The Kier molecular flexibility index (Phi) is 6.57. The summed E-state index contributed by atoms with van der Waals surface area (Å²) in [5.74, 6) is -1.91. The third-order valence-electron chi connectivity index (χ3n) is 7.32. The largest absolute Gasteiger partial charge is 0.461 e. The van der Waals surface area contributed by atoms with Gasteiger partial charge in [-0.05, 0) is 61.1 Å². The molecule has 1 amide bonds. The monoisotopic (exact) mass is 526 g/mol. The number of aromatic nitrogens is 1. The summed E-state index contributed by atoms with van der Waals surface area (Å²) in [6.45, 7) is 3.96. The molecule has 0 radical (unpaired) electrons. The predicted molar refractivity (Wildman–Crippen MR) is 141 cm³/mol. The van der Waals surface area contributed by atoms with Crippen LogP contribution >= 0.6 is 11.3 Å². The van der Waals surface area contributed by atoms with Gasteiger partial charge in [-0.25, -0.2) is 4.39 Å². The van der Waals surface area contributed by atoms with E-state index in [4.69, 9.17) is 16.2 Å². The fourth-order valence-corrected chi connectivity index (χ4v) is 6.66. The van der Waals surface area contributed by atoms with Gasteiger partial charge < -0.3 is 26.1 Å². The molecule has 0 atom stereocenters. The summed E-state index contributed by atoms with van der Waals surface area (Å²) >= 11 is 1.50. The molecule has 2 aliphatic rings. The number of ketones is 1. The Balaban J connectivity index is 1.52. The Bertz CT molecular complexity index is 1400. The molecule has 2 aliphatic carbocycles. The Morgan fingerprint density at radius 1 is 1.22 bits per heavy atom. The number of fused-ring (bicyclic) bond motifs is 3. The van der Waals surface area contributed by atoms with Gasteiger partial charge in [-0.3, -0.25) is 14.4 Å². The molecule has 2 heterocycles. The van der Waals surface area contributed by atoms with E-state index in [0.29, 0.717) is 55.5 Å². The second-order valence-electron chi connectivity index (χ2n) is 10.8. The molecule has 3 aromatic rings. The summed E-state index contributed by atoms with van der Waals surface area (Å²) in [6, 6.07) is 4.95. The van der Waals surface area contributed by atoms with Crippen LogP contribution in [0.15, 0.2) is 23.6 Å². The molecular formula is C27H31FN4O4S. The van der Waals surface area contributed by atoms with Crippen molar-refractivity contribution >= 4 is 44.9 Å². The maximum absolute atomic E-state index is 15.5. The first-order chi connectivity index (χ1) is 17.6. The van der Waals surface area contributed by atoms with E-state index in [2.05, 4.69) is 19.2 Å². The lowest BCUT2D eigenvalue weighted by molar-refractivity contribution is -0.148. The second-order valence-corrected chi connectivity index (χ2v) is 11.7. The number of Topliss-reactive ketones (excluding diaryl/α,β-unsaturated/α-hetero) is 1. The van der Waals surface area contributed by atoms with Crippen LogP contribution in [-0.2, 0) is 16.0 Å². The van der Waals surface area contributed by atoms with Gasteiger partial charge in [0.05, 0.1) is 23.5 Å². The van der Waals surface area contributed by atoms with E-state index in [0.717, 1.165) is 15.9 Å². The molecule has 2 aromatic heterocycles. The summed E-state index contributed by atoms with van der Waals surface area (Å²) < 4.78 is 22.8. The van der Waals surface area contributed by atoms with E-state index in [1.807, 2.05) is 16.0 Å². The van der Waals surface area contributed by atoms with Crippen LogP contribution in [0.4, 0.5) is 10.1 Å². The van der Waals surface area contributed by atoms with Crippen molar-refractivity contribution in [1.29, 1.82) is 0 Å². The number of hydrogen-bond acceptors (Lipinski definition) is 7. The molecule has 0 aliphatic heterocycles. The highest BCUT2D eigenvalue weighted by atomic mass is 32.1. The van der Waals surface area contributed by atoms with Gasteiger partial charge in [0, 0.05) is 29.1 Å². The summed E-state index contributed by atoms with van der Waals surface area (Å²) in [6.07, 6.45) is 3.54. The van der Waals surface area contributed by atoms with Gasteiger partial charge in [0.2, 0.25) is 0 Å². The molecule has 0 unspecified atom stereocenters. The Morgan fingerprint density at radius 2 is 1.95 bits per heavy atom. The normalized spacial score (nSPS) is 21.0. The summed E-state index contributed by atoms with van der Waals surface area (Å²) in [5.41, 5.74) is 12.9. The average molecular weight is 527 g/mol. The van der Waals surface area contributed by atoms with Crippen LogP contribution in [0, 0.1) is 11.2 Å². The van der Waals surface area contributed by atoms with Crippen LogP contribution in [-0.4, -0.2) is 40.9 Å². The number of thiophene rings is 1. The number of nitrogens with zero attached hydrogens (tertiary/aromatic N) is 1. The molecule has 5 rings (SSSR count). The molecular weight excluding hydrogens is 495 g/mol. The fourth-order valence-electron chi connectivity index (χ4n) is 5.71. The van der Waals surface area contributed by atoms with Crippen LogP contribution in [0.5, 0.6) is 0 Å². The molecule has 196 valence electrons. The molecule has 0 saturated heterocycles. The molecule has 1 fully saturated rings. The number of rotatable bonds is 6. The highest BCUT2D eigenvalue weighted by Gasteiger charge is 2.36. The van der Waals surface area contributed by atoms with Crippen LogP contribution in [0.2, 0.25) is 0 Å². The molecule has 1 saturated carbocycles. The molecule has 8 nitrogen and oxygen atoms in total. The topological polar surface area (TPSA) is 129 Å². The highest BCUT2D eigenvalue weighted by Crippen LogP contribution is 2.43. The number of benzene rings is 1. The van der Waals surface area contributed by atoms with Crippen LogP contribution < -0.4 is 16.8 Å². The SMILES string of the molecule is CC1(C)CC(=O)c2c(n(-c3cc(F)c(C(N)=O)c(NC4CCC(OC(=O)CN)CC4)c3)c3sccc23)C1. The number of anilines is 1. The number of carbonyl (C=O) groups excluding carboxylic acids is 3. The zero-order valence-electron chi connectivity index (χ0n) is 20.9. The smallest absolute Gasteiger partial charge is 0.319 e. The van der Waals surface area contributed by atoms with Crippen molar-refractivity contribution in [3.8, 4) is 5.69 Å². The van der Waals surface area contributed by atoms with Crippen molar-refractivity contribution in [2.75, 3.05) is 11.9 Å². The van der Waals surface area contributed by atoms with Gasteiger partial charge >= 0.3 is 5.97 Å². The summed E-state index contributed by atoms with van der Waals surface area (Å²) in [4.78, 5) is 37.7. The first kappa shape index (κ1) is 25.4. The van der Waals surface area contributed by atoms with E-state index in [1.165, 1.54) is 17.4 Å². The van der Waals surface area contributed by atoms with Gasteiger partial charge in [0.15, 0.2) is 5.78 Å². The quantitative estimate of drug-likeness (QED) is 0.411. The molecule has 1 aromatic carbocycles. The number of ether oxygens (including phenoxy) is 1. The number of esters is 1. The average Bonchev–Trinajstić information content (AvgIpc) is 3.38. The highest BCUT2D eigenvalue weighted by molar-refractivity contribution is 7.17. The van der Waals surface area contributed by atoms with E-state index in [9.17, 15) is 14.4 Å². The molecule has 37 heavy (non-hydrogen) atoms. The third kappa shape index (κ3) is 4.75. The standard InChI is InChI=1S/C27H31FN4O4S/c1-27(2)11-20-23(21(33)12-27)17-7-8-37-26(17)32(20)15-9-18(28)24(25(30)35)19(10-15)31-14-3-5-16(6-4-14)36-22(34)13-29/h7-10,14,16,31H,3-6,11-13,29H2,1-2H3,(H2,30,35). The second kappa shape index (κ2) is 9.57. The number of nitrogens with two attached hydrogens (primary N) is 2. The number of nitrogens with one attached hydrogen (secondary N) is 1. The Hall–Kier alpha value is -3.24. The number of amides is 1. The molecule has 0 spiro atoms. The van der Waals surface area contributed by atoms with Crippen molar-refractivity contribution in [3.05, 3.63) is 46.2 Å². The van der Waals surface area contributed by atoms with Crippen molar-refractivity contribution in [2.45, 2.75) is 64.5 Å². The molecule has 5 N–H and O–H groups in total. The maximum Gasteiger partial charge on any atom is 0.319 e. The van der Waals surface area contributed by atoms with E-state index >= 15 is 4.39 Å². The molecule has 0 bridgehead atoms. The lowest BCUT2D eigenvalue weighted by atomic mass is 9.76. The zero-order valence-corrected chi connectivity index (χ0v) is 21.8. The fraction of sp³-hybridized carbons (Fsp3) is 0.444. The van der Waals surface area contributed by atoms with E-state index < -0.39 is 17.7 Å². The minimum absolute atomic E-state index is 0.0542. The van der Waals surface area contributed by atoms with Gasteiger partial charge in [0.1, 0.15) is 16.8 Å². The van der Waals surface area contributed by atoms with Gasteiger partial charge in [0.25, 0.3) is 5.91 Å². The first-order valence-corrected chi connectivity index (χ1v) is 13.4. The third-order valence-corrected chi connectivity index (χ3v) is 8.22. The Morgan fingerprint density at radius 3 is 2.62 bits per heavy atom. The summed E-state index contributed by atoms with van der Waals surface area (Å²) in [5, 5.41) is 6.13. The van der Waals surface area contributed by atoms with Crippen LogP contribution in [0.3, 0.4) is 0 Å². The van der Waals surface area contributed by atoms with Crippen molar-refractivity contribution in [3.63, 3.8) is 0 Å². The van der Waals surface area contributed by atoms with Crippen molar-refractivity contribution in [2.24, 2.45) is 16.9 Å². The zero-order chi connectivity index (χ0) is 26.5. The van der Waals surface area contributed by atoms with Crippen molar-refractivity contribution < 1.29 is 23.5 Å². The number of carbonyl (C=O) groups is 3. The van der Waals surface area contributed by atoms with E-state index in [1.54, 1.807) is 6.07 Å². The van der Waals surface area contributed by atoms with Crippen LogP contribution in [0.1, 0.15) is 72.4 Å². The lowest BCUT2D eigenvalue weighted by Gasteiger charge is -2.31. The molecule has 10 heteroatoms. The van der Waals surface area contributed by atoms with Gasteiger partial charge in [-0.15, -0.1) is 11.3 Å². The predicted octanol–water partition coefficient (Wildman–Crippen LogP) is 4.31. The van der Waals surface area contributed by atoms with E-state index in [-0.39, 0.29) is 35.5 Å². The van der Waals surface area contributed by atoms with Gasteiger partial charge in [-0.2, -0.15) is 0 Å². The number of halogens is 1. The lowest BCUT2D eigenvalue weighted by Crippen LogP contribution is -2.33. The Labute approximate surface area is 218 Å². The first-order valence-electron chi connectivity index (χ1n) is 12.5. The van der Waals surface area contributed by atoms with Crippen molar-refractivity contribution in [1.82, 2.24) is 4.57 Å². The van der Waals surface area contributed by atoms with Crippen LogP contribution in [0.25, 0.3) is 15.9 Å². The minimum Gasteiger partial charge on any atom is -0.461 e. The number of primary amides is 1. The summed E-state index contributed by atoms with van der Waals surface area (Å²) in [7, 11) is 0. The van der Waals surface area contributed by atoms with Gasteiger partial charge in [-0.1, -0.05) is 13.8 Å². The number of hydrogen-bond donors (Lipinski definition) is 3. The minimum atomic E-state index is -0.857. The maximum atomic E-state index is 15.5.